The number of nitrogens with zero attached hydrogens (tertiary/aromatic N) is 2. The Morgan fingerprint density at radius 3 is 3.00 bits per heavy atom. The van der Waals surface area contributed by atoms with Crippen molar-refractivity contribution < 1.29 is 9.53 Å². The van der Waals surface area contributed by atoms with E-state index in [1.807, 2.05) is 23.1 Å². The van der Waals surface area contributed by atoms with E-state index in [0.717, 1.165) is 31.1 Å². The van der Waals surface area contributed by atoms with Gasteiger partial charge in [0.25, 0.3) is 0 Å². The van der Waals surface area contributed by atoms with E-state index in [4.69, 9.17) is 4.74 Å². The summed E-state index contributed by atoms with van der Waals surface area (Å²) in [6, 6.07) is 8.41. The molecule has 1 aromatic rings. The Kier molecular flexibility index (Phi) is 2.42. The molecule has 0 aromatic heterocycles. The summed E-state index contributed by atoms with van der Waals surface area (Å²) in [7, 11) is 0. The number of carbonyl (C=O) groups excluding carboxylic acids is 1. The highest BCUT2D eigenvalue weighted by molar-refractivity contribution is 5.74. The van der Waals surface area contributed by atoms with Crippen LogP contribution in [0.2, 0.25) is 0 Å². The van der Waals surface area contributed by atoms with Crippen molar-refractivity contribution in [2.75, 3.05) is 31.1 Å². The Bertz CT molecular complexity index is 447. The molecule has 2 aliphatic rings. The summed E-state index contributed by atoms with van der Waals surface area (Å²) < 4.78 is 5.74. The first-order valence-corrected chi connectivity index (χ1v) is 5.99. The average molecular weight is 232 g/mol. The van der Waals surface area contributed by atoms with E-state index in [0.29, 0.717) is 12.6 Å². The maximum atomic E-state index is 11.4. The maximum Gasteiger partial charge on any atom is 0.219 e. The molecule has 2 aliphatic heterocycles. The van der Waals surface area contributed by atoms with Crippen LogP contribution in [0.4, 0.5) is 5.69 Å². The molecular weight excluding hydrogens is 216 g/mol. The van der Waals surface area contributed by atoms with Crippen molar-refractivity contribution in [2.24, 2.45) is 0 Å². The first kappa shape index (κ1) is 10.4. The molecule has 1 aromatic carbocycles. The minimum atomic E-state index is 0.156. The van der Waals surface area contributed by atoms with Gasteiger partial charge in [-0.1, -0.05) is 12.1 Å². The molecule has 1 amide bonds. The van der Waals surface area contributed by atoms with E-state index >= 15 is 0 Å². The first-order valence-electron chi connectivity index (χ1n) is 5.99. The SMILES string of the molecule is CC(=O)N1CCN2c3ccccc3OC[C@@H]2C1. The van der Waals surface area contributed by atoms with Crippen molar-refractivity contribution in [2.45, 2.75) is 13.0 Å². The summed E-state index contributed by atoms with van der Waals surface area (Å²) in [5.41, 5.74) is 1.16. The third-order valence-corrected chi connectivity index (χ3v) is 3.53. The number of hydrogen-bond acceptors (Lipinski definition) is 3. The van der Waals surface area contributed by atoms with Gasteiger partial charge < -0.3 is 14.5 Å². The Morgan fingerprint density at radius 2 is 2.18 bits per heavy atom. The lowest BCUT2D eigenvalue weighted by Gasteiger charge is -2.45. The van der Waals surface area contributed by atoms with Gasteiger partial charge in [-0.25, -0.2) is 0 Å². The largest absolute Gasteiger partial charge is 0.489 e. The predicted octanol–water partition coefficient (Wildman–Crippen LogP) is 1.12. The number of piperazine rings is 1. The van der Waals surface area contributed by atoms with Gasteiger partial charge in [-0.15, -0.1) is 0 Å². The monoisotopic (exact) mass is 232 g/mol. The van der Waals surface area contributed by atoms with Gasteiger partial charge in [0.05, 0.1) is 11.7 Å². The topological polar surface area (TPSA) is 32.8 Å². The number of hydrogen-bond donors (Lipinski definition) is 0. The summed E-state index contributed by atoms with van der Waals surface area (Å²) in [6.07, 6.45) is 0. The third-order valence-electron chi connectivity index (χ3n) is 3.53. The van der Waals surface area contributed by atoms with Crippen LogP contribution in [0.25, 0.3) is 0 Å². The van der Waals surface area contributed by atoms with Crippen LogP contribution in [0, 0.1) is 0 Å². The molecule has 0 aliphatic carbocycles. The van der Waals surface area contributed by atoms with Gasteiger partial charge in [-0.2, -0.15) is 0 Å². The Balaban J connectivity index is 1.85. The summed E-state index contributed by atoms with van der Waals surface area (Å²) in [5, 5.41) is 0. The zero-order valence-electron chi connectivity index (χ0n) is 9.93. The van der Waals surface area contributed by atoms with Crippen LogP contribution < -0.4 is 9.64 Å². The zero-order valence-corrected chi connectivity index (χ0v) is 9.93. The smallest absolute Gasteiger partial charge is 0.219 e. The second-order valence-electron chi connectivity index (χ2n) is 4.59. The van der Waals surface area contributed by atoms with E-state index in [-0.39, 0.29) is 5.91 Å². The standard InChI is InChI=1S/C13H16N2O2/c1-10(16)14-6-7-15-11(8-14)9-17-13-5-3-2-4-12(13)15/h2-5,11H,6-9H2,1H3/t11-/m0/s1. The van der Waals surface area contributed by atoms with Crippen LogP contribution in [-0.2, 0) is 4.79 Å². The van der Waals surface area contributed by atoms with Crippen molar-refractivity contribution in [3.05, 3.63) is 24.3 Å². The van der Waals surface area contributed by atoms with E-state index in [1.165, 1.54) is 0 Å². The fourth-order valence-corrected chi connectivity index (χ4v) is 2.60. The number of ether oxygens (including phenoxy) is 1. The molecule has 0 saturated carbocycles. The third kappa shape index (κ3) is 1.73. The average Bonchev–Trinajstić information content (AvgIpc) is 2.38. The summed E-state index contributed by atoms with van der Waals surface area (Å²) in [4.78, 5) is 15.6. The molecule has 0 N–H and O–H groups in total. The minimum Gasteiger partial charge on any atom is -0.489 e. The molecule has 0 unspecified atom stereocenters. The Morgan fingerprint density at radius 1 is 1.35 bits per heavy atom. The first-order chi connectivity index (χ1) is 8.25. The Labute approximate surface area is 101 Å². The van der Waals surface area contributed by atoms with Gasteiger partial charge in [0.15, 0.2) is 0 Å². The van der Waals surface area contributed by atoms with Crippen LogP contribution in [0.3, 0.4) is 0 Å². The Hall–Kier alpha value is -1.71. The van der Waals surface area contributed by atoms with E-state index in [9.17, 15) is 4.79 Å². The van der Waals surface area contributed by atoms with Gasteiger partial charge >= 0.3 is 0 Å². The highest BCUT2D eigenvalue weighted by atomic mass is 16.5. The molecule has 3 rings (SSSR count). The van der Waals surface area contributed by atoms with Gasteiger partial charge in [0.1, 0.15) is 12.4 Å². The number of fused-ring (bicyclic) bond motifs is 3. The number of benzene rings is 1. The maximum absolute atomic E-state index is 11.4. The molecule has 1 atom stereocenters. The molecule has 1 saturated heterocycles. The van der Waals surface area contributed by atoms with E-state index < -0.39 is 0 Å². The van der Waals surface area contributed by atoms with Crippen molar-refractivity contribution in [1.29, 1.82) is 0 Å². The van der Waals surface area contributed by atoms with Gasteiger partial charge in [-0.05, 0) is 12.1 Å². The van der Waals surface area contributed by atoms with Crippen LogP contribution in [-0.4, -0.2) is 43.1 Å². The molecular formula is C13H16N2O2. The minimum absolute atomic E-state index is 0.156. The van der Waals surface area contributed by atoms with Crippen molar-refractivity contribution in [3.8, 4) is 5.75 Å². The van der Waals surface area contributed by atoms with Crippen LogP contribution in [0.15, 0.2) is 24.3 Å². The lowest BCUT2D eigenvalue weighted by molar-refractivity contribution is -0.129. The second-order valence-corrected chi connectivity index (χ2v) is 4.59. The lowest BCUT2D eigenvalue weighted by Crippen LogP contribution is -2.58. The normalized spacial score (nSPS) is 22.5. The van der Waals surface area contributed by atoms with Crippen molar-refractivity contribution >= 4 is 11.6 Å². The molecule has 4 heteroatoms. The fraction of sp³-hybridized carbons (Fsp3) is 0.462. The molecule has 0 spiro atoms. The van der Waals surface area contributed by atoms with Gasteiger partial charge in [-0.3, -0.25) is 4.79 Å². The highest BCUT2D eigenvalue weighted by Crippen LogP contribution is 2.34. The van der Waals surface area contributed by atoms with E-state index in [1.54, 1.807) is 6.92 Å². The van der Waals surface area contributed by atoms with Crippen molar-refractivity contribution in [1.82, 2.24) is 4.90 Å². The molecule has 0 radical (unpaired) electrons. The molecule has 0 bridgehead atoms. The number of amides is 1. The van der Waals surface area contributed by atoms with Crippen LogP contribution >= 0.6 is 0 Å². The number of carbonyl (C=O) groups is 1. The summed E-state index contributed by atoms with van der Waals surface area (Å²) in [5.74, 6) is 1.11. The van der Waals surface area contributed by atoms with Gasteiger partial charge in [0.2, 0.25) is 5.91 Å². The van der Waals surface area contributed by atoms with Crippen LogP contribution in [0.5, 0.6) is 5.75 Å². The highest BCUT2D eigenvalue weighted by Gasteiger charge is 2.33. The number of para-hydroxylation sites is 2. The number of rotatable bonds is 0. The molecule has 4 nitrogen and oxygen atoms in total. The van der Waals surface area contributed by atoms with Crippen LogP contribution in [0.1, 0.15) is 6.92 Å². The fourth-order valence-electron chi connectivity index (χ4n) is 2.60. The summed E-state index contributed by atoms with van der Waals surface area (Å²) >= 11 is 0. The van der Waals surface area contributed by atoms with Crippen molar-refractivity contribution in [3.63, 3.8) is 0 Å². The van der Waals surface area contributed by atoms with E-state index in [2.05, 4.69) is 11.0 Å². The number of anilines is 1. The second kappa shape index (κ2) is 3.95. The van der Waals surface area contributed by atoms with Gasteiger partial charge in [0, 0.05) is 26.6 Å². The lowest BCUT2D eigenvalue weighted by atomic mass is 10.1. The quantitative estimate of drug-likeness (QED) is 0.672. The molecule has 2 heterocycles. The molecule has 90 valence electrons. The zero-order chi connectivity index (χ0) is 11.8. The molecule has 17 heavy (non-hydrogen) atoms. The predicted molar refractivity (Wildman–Crippen MR) is 65.3 cm³/mol. The summed E-state index contributed by atoms with van der Waals surface area (Å²) in [6.45, 7) is 4.77. The molecule has 1 fully saturated rings.